The SMILES string of the molecule is CCOc1ccccc1N1C(=O)[C@H]2C3c4ccccc4C(CO)(c4ccccc43)[C@H]2C1=O. The highest BCUT2D eigenvalue weighted by atomic mass is 16.5. The number of ether oxygens (including phenoxy) is 1. The number of hydrogen-bond acceptors (Lipinski definition) is 4. The zero-order valence-electron chi connectivity index (χ0n) is 17.7. The van der Waals surface area contributed by atoms with Crippen LogP contribution in [0.15, 0.2) is 72.8 Å². The Morgan fingerprint density at radius 2 is 1.47 bits per heavy atom. The highest BCUT2D eigenvalue weighted by Gasteiger charge is 2.68. The Morgan fingerprint density at radius 1 is 0.875 bits per heavy atom. The molecule has 2 amide bonds. The van der Waals surface area contributed by atoms with Crippen molar-refractivity contribution >= 4 is 17.5 Å². The van der Waals surface area contributed by atoms with Crippen LogP contribution in [0.1, 0.15) is 35.1 Å². The van der Waals surface area contributed by atoms with E-state index < -0.39 is 17.3 Å². The number of carbonyl (C=O) groups is 2. The maximum atomic E-state index is 14.0. The van der Waals surface area contributed by atoms with Gasteiger partial charge in [0.15, 0.2) is 0 Å². The molecule has 5 nitrogen and oxygen atoms in total. The first-order valence-corrected chi connectivity index (χ1v) is 11.0. The van der Waals surface area contributed by atoms with Crippen LogP contribution in [0.3, 0.4) is 0 Å². The first-order chi connectivity index (χ1) is 15.6. The zero-order valence-corrected chi connectivity index (χ0v) is 17.7. The molecule has 0 spiro atoms. The smallest absolute Gasteiger partial charge is 0.239 e. The molecule has 0 aromatic heterocycles. The summed E-state index contributed by atoms with van der Waals surface area (Å²) < 4.78 is 5.75. The van der Waals surface area contributed by atoms with Crippen LogP contribution >= 0.6 is 0 Å². The van der Waals surface area contributed by atoms with Gasteiger partial charge in [0.05, 0.1) is 36.2 Å². The number of aliphatic hydroxyl groups is 1. The Kier molecular flexibility index (Phi) is 4.08. The van der Waals surface area contributed by atoms with Gasteiger partial charge < -0.3 is 9.84 Å². The van der Waals surface area contributed by atoms with Crippen LogP contribution in [0.25, 0.3) is 0 Å². The molecule has 1 N–H and O–H groups in total. The topological polar surface area (TPSA) is 66.8 Å². The fraction of sp³-hybridized carbons (Fsp3) is 0.259. The third-order valence-electron chi connectivity index (χ3n) is 7.45. The molecule has 32 heavy (non-hydrogen) atoms. The first kappa shape index (κ1) is 19.3. The number of nitrogens with zero attached hydrogens (tertiary/aromatic N) is 1. The second kappa shape index (κ2) is 6.78. The van der Waals surface area contributed by atoms with E-state index in [1.54, 1.807) is 18.2 Å². The minimum absolute atomic E-state index is 0.221. The van der Waals surface area contributed by atoms with Gasteiger partial charge in [-0.05, 0) is 41.3 Å². The summed E-state index contributed by atoms with van der Waals surface area (Å²) in [4.78, 5) is 29.3. The van der Waals surface area contributed by atoms with Crippen LogP contribution < -0.4 is 9.64 Å². The lowest BCUT2D eigenvalue weighted by Crippen LogP contribution is -2.55. The molecule has 3 aliphatic carbocycles. The van der Waals surface area contributed by atoms with E-state index in [1.807, 2.05) is 61.5 Å². The number of hydrogen-bond donors (Lipinski definition) is 1. The fourth-order valence-electron chi connectivity index (χ4n) is 6.35. The van der Waals surface area contributed by atoms with Crippen LogP contribution in [-0.4, -0.2) is 30.1 Å². The predicted molar refractivity (Wildman–Crippen MR) is 120 cm³/mol. The van der Waals surface area contributed by atoms with Gasteiger partial charge in [0, 0.05) is 5.92 Å². The number of carbonyl (C=O) groups excluding carboxylic acids is 2. The Bertz CT molecular complexity index is 1220. The lowest BCUT2D eigenvalue weighted by atomic mass is 9.47. The van der Waals surface area contributed by atoms with Crippen molar-refractivity contribution in [2.75, 3.05) is 18.1 Å². The van der Waals surface area contributed by atoms with E-state index in [-0.39, 0.29) is 24.3 Å². The van der Waals surface area contributed by atoms with Crippen LogP contribution in [-0.2, 0) is 15.0 Å². The van der Waals surface area contributed by atoms with Crippen molar-refractivity contribution in [3.8, 4) is 5.75 Å². The van der Waals surface area contributed by atoms with Crippen molar-refractivity contribution in [1.82, 2.24) is 0 Å². The molecular formula is C27H23NO4. The maximum Gasteiger partial charge on any atom is 0.239 e. The molecule has 5 heteroatoms. The molecule has 1 saturated heterocycles. The van der Waals surface area contributed by atoms with Gasteiger partial charge in [-0.15, -0.1) is 0 Å². The van der Waals surface area contributed by atoms with Gasteiger partial charge in [0.1, 0.15) is 5.75 Å². The molecule has 0 unspecified atom stereocenters. The normalized spacial score (nSPS) is 27.2. The number of amides is 2. The molecule has 1 aliphatic heterocycles. The number of rotatable bonds is 4. The molecule has 3 aromatic rings. The summed E-state index contributed by atoms with van der Waals surface area (Å²) in [6.07, 6.45) is 0. The number of benzene rings is 3. The Hall–Kier alpha value is -3.44. The summed E-state index contributed by atoms with van der Waals surface area (Å²) in [5.74, 6) is -1.43. The number of anilines is 1. The summed E-state index contributed by atoms with van der Waals surface area (Å²) in [6.45, 7) is 2.06. The quantitative estimate of drug-likeness (QED) is 0.649. The predicted octanol–water partition coefficient (Wildman–Crippen LogP) is 3.63. The highest BCUT2D eigenvalue weighted by Crippen LogP contribution is 2.64. The Labute approximate surface area is 186 Å². The summed E-state index contributed by atoms with van der Waals surface area (Å²) in [5, 5.41) is 10.9. The highest BCUT2D eigenvalue weighted by molar-refractivity contribution is 6.24. The number of para-hydroxylation sites is 2. The van der Waals surface area contributed by atoms with Crippen LogP contribution in [0, 0.1) is 11.8 Å². The summed E-state index contributed by atoms with van der Waals surface area (Å²) >= 11 is 0. The van der Waals surface area contributed by atoms with Crippen molar-refractivity contribution in [3.63, 3.8) is 0 Å². The molecular weight excluding hydrogens is 402 g/mol. The van der Waals surface area contributed by atoms with Crippen LogP contribution in [0.2, 0.25) is 0 Å². The largest absolute Gasteiger partial charge is 0.492 e. The zero-order chi connectivity index (χ0) is 22.0. The summed E-state index contributed by atoms with van der Waals surface area (Å²) in [6, 6.07) is 23.0. The maximum absolute atomic E-state index is 14.0. The standard InChI is InChI=1S/C27H23NO4/c1-2-32-21-14-8-7-13-20(21)28-25(30)23-22-16-9-3-5-11-18(16)27(15-29,24(23)26(28)31)19-12-6-4-10-17(19)22/h3-14,22-24,29H,2,15H2,1H3/t22?,23-,24+,27?/m0/s1. The van der Waals surface area contributed by atoms with Gasteiger partial charge in [-0.3, -0.25) is 9.59 Å². The number of imide groups is 1. The van der Waals surface area contributed by atoms with Gasteiger partial charge in [-0.2, -0.15) is 0 Å². The van der Waals surface area contributed by atoms with Crippen molar-refractivity contribution in [2.45, 2.75) is 18.3 Å². The number of aliphatic hydroxyl groups excluding tert-OH is 1. The van der Waals surface area contributed by atoms with E-state index in [9.17, 15) is 14.7 Å². The molecule has 2 atom stereocenters. The van der Waals surface area contributed by atoms with E-state index in [1.165, 1.54) is 4.90 Å². The second-order valence-electron chi connectivity index (χ2n) is 8.70. The van der Waals surface area contributed by atoms with Crippen molar-refractivity contribution < 1.29 is 19.4 Å². The monoisotopic (exact) mass is 425 g/mol. The Balaban J connectivity index is 1.61. The lowest BCUT2D eigenvalue weighted by Gasteiger charge is -2.53. The van der Waals surface area contributed by atoms with Gasteiger partial charge in [0.25, 0.3) is 0 Å². The molecule has 7 rings (SSSR count). The molecule has 0 saturated carbocycles. The molecule has 1 heterocycles. The van der Waals surface area contributed by atoms with Crippen molar-refractivity contribution in [2.24, 2.45) is 11.8 Å². The van der Waals surface area contributed by atoms with Crippen LogP contribution in [0.5, 0.6) is 5.75 Å². The molecule has 160 valence electrons. The van der Waals surface area contributed by atoms with Gasteiger partial charge in [-0.25, -0.2) is 4.90 Å². The summed E-state index contributed by atoms with van der Waals surface area (Å²) in [5.41, 5.74) is 3.49. The van der Waals surface area contributed by atoms with E-state index in [0.717, 1.165) is 22.3 Å². The summed E-state index contributed by atoms with van der Waals surface area (Å²) in [7, 11) is 0. The molecule has 2 bridgehead atoms. The van der Waals surface area contributed by atoms with E-state index in [0.29, 0.717) is 18.0 Å². The van der Waals surface area contributed by atoms with Crippen molar-refractivity contribution in [3.05, 3.63) is 95.1 Å². The third-order valence-corrected chi connectivity index (χ3v) is 7.45. The van der Waals surface area contributed by atoms with Crippen LogP contribution in [0.4, 0.5) is 5.69 Å². The minimum atomic E-state index is -0.950. The van der Waals surface area contributed by atoms with Gasteiger partial charge >= 0.3 is 0 Å². The second-order valence-corrected chi connectivity index (χ2v) is 8.70. The van der Waals surface area contributed by atoms with E-state index >= 15 is 0 Å². The first-order valence-electron chi connectivity index (χ1n) is 11.0. The average Bonchev–Trinajstić information content (AvgIpc) is 3.10. The molecule has 4 aliphatic rings. The Morgan fingerprint density at radius 3 is 2.09 bits per heavy atom. The molecule has 3 aromatic carbocycles. The lowest BCUT2D eigenvalue weighted by molar-refractivity contribution is -0.124. The fourth-order valence-corrected chi connectivity index (χ4v) is 6.35. The third kappa shape index (κ3) is 2.16. The van der Waals surface area contributed by atoms with E-state index in [4.69, 9.17) is 4.74 Å². The molecule has 0 radical (unpaired) electrons. The van der Waals surface area contributed by atoms with Crippen molar-refractivity contribution in [1.29, 1.82) is 0 Å². The van der Waals surface area contributed by atoms with Gasteiger partial charge in [-0.1, -0.05) is 60.7 Å². The average molecular weight is 425 g/mol. The van der Waals surface area contributed by atoms with E-state index in [2.05, 4.69) is 0 Å². The minimum Gasteiger partial charge on any atom is -0.492 e. The molecule has 1 fully saturated rings. The van der Waals surface area contributed by atoms with Gasteiger partial charge in [0.2, 0.25) is 11.8 Å².